The molecule has 2 aromatic carbocycles. The molecule has 8 heteroatoms. The summed E-state index contributed by atoms with van der Waals surface area (Å²) in [5.41, 5.74) is 1.65. The number of ether oxygens (including phenoxy) is 2. The molecule has 2 amide bonds. The number of nitrogens with one attached hydrogen (secondary N) is 2. The summed E-state index contributed by atoms with van der Waals surface area (Å²) in [4.78, 5) is 36.3. The van der Waals surface area contributed by atoms with E-state index in [4.69, 9.17) is 21.1 Å². The van der Waals surface area contributed by atoms with Crippen LogP contribution in [-0.2, 0) is 14.3 Å². The Bertz CT molecular complexity index is 885. The van der Waals surface area contributed by atoms with Crippen molar-refractivity contribution in [2.24, 2.45) is 0 Å². The van der Waals surface area contributed by atoms with Crippen LogP contribution in [0.4, 0.5) is 5.69 Å². The molecular formula is C20H21ClN2O5. The number of carbonyl (C=O) groups is 3. The van der Waals surface area contributed by atoms with Gasteiger partial charge in [0.2, 0.25) is 0 Å². The van der Waals surface area contributed by atoms with Crippen LogP contribution in [0, 0.1) is 6.92 Å². The molecule has 0 bridgehead atoms. The Labute approximate surface area is 168 Å². The van der Waals surface area contributed by atoms with E-state index in [1.807, 2.05) is 13.0 Å². The normalized spacial score (nSPS) is 11.3. The van der Waals surface area contributed by atoms with Gasteiger partial charge in [0.25, 0.3) is 11.8 Å². The van der Waals surface area contributed by atoms with Gasteiger partial charge >= 0.3 is 5.97 Å². The average Bonchev–Trinajstić information content (AvgIpc) is 2.66. The molecule has 2 N–H and O–H groups in total. The Morgan fingerprint density at radius 1 is 1.14 bits per heavy atom. The van der Waals surface area contributed by atoms with Crippen molar-refractivity contribution in [1.29, 1.82) is 0 Å². The molecule has 0 spiro atoms. The SMILES string of the molecule is COc1ccc(C)cc1NC(=O)COC(=O)[C@H](C)NC(=O)c1ccccc1Cl. The van der Waals surface area contributed by atoms with Gasteiger partial charge in [-0.25, -0.2) is 4.79 Å². The summed E-state index contributed by atoms with van der Waals surface area (Å²) >= 11 is 5.96. The first-order chi connectivity index (χ1) is 13.3. The summed E-state index contributed by atoms with van der Waals surface area (Å²) in [7, 11) is 1.49. The number of benzene rings is 2. The predicted molar refractivity (Wildman–Crippen MR) is 106 cm³/mol. The number of esters is 1. The molecule has 1 atom stereocenters. The van der Waals surface area contributed by atoms with Crippen molar-refractivity contribution >= 4 is 35.1 Å². The van der Waals surface area contributed by atoms with Crippen LogP contribution in [0.3, 0.4) is 0 Å². The van der Waals surface area contributed by atoms with Crippen molar-refractivity contribution < 1.29 is 23.9 Å². The number of anilines is 1. The molecule has 0 aliphatic rings. The highest BCUT2D eigenvalue weighted by atomic mass is 35.5. The van der Waals surface area contributed by atoms with Gasteiger partial charge in [-0.2, -0.15) is 0 Å². The molecular weight excluding hydrogens is 384 g/mol. The van der Waals surface area contributed by atoms with Gasteiger partial charge in [0.05, 0.1) is 23.4 Å². The number of carbonyl (C=O) groups excluding carboxylic acids is 3. The highest BCUT2D eigenvalue weighted by Crippen LogP contribution is 2.25. The summed E-state index contributed by atoms with van der Waals surface area (Å²) in [6.45, 7) is 2.83. The molecule has 0 heterocycles. The summed E-state index contributed by atoms with van der Waals surface area (Å²) in [6.07, 6.45) is 0. The van der Waals surface area contributed by atoms with Crippen LogP contribution in [0.2, 0.25) is 5.02 Å². The highest BCUT2D eigenvalue weighted by Gasteiger charge is 2.20. The average molecular weight is 405 g/mol. The van der Waals surface area contributed by atoms with E-state index in [2.05, 4.69) is 10.6 Å². The molecule has 7 nitrogen and oxygen atoms in total. The van der Waals surface area contributed by atoms with Crippen LogP contribution in [0.1, 0.15) is 22.8 Å². The van der Waals surface area contributed by atoms with Crippen LogP contribution >= 0.6 is 11.6 Å². The van der Waals surface area contributed by atoms with Gasteiger partial charge in [0.15, 0.2) is 6.61 Å². The summed E-state index contributed by atoms with van der Waals surface area (Å²) in [6, 6.07) is 10.8. The lowest BCUT2D eigenvalue weighted by Crippen LogP contribution is -2.40. The van der Waals surface area contributed by atoms with Gasteiger partial charge in [-0.15, -0.1) is 0 Å². The van der Waals surface area contributed by atoms with Gasteiger partial charge in [-0.05, 0) is 43.7 Å². The molecule has 148 valence electrons. The lowest BCUT2D eigenvalue weighted by Gasteiger charge is -2.14. The van der Waals surface area contributed by atoms with Crippen LogP contribution in [0.15, 0.2) is 42.5 Å². The van der Waals surface area contributed by atoms with E-state index in [1.165, 1.54) is 14.0 Å². The van der Waals surface area contributed by atoms with E-state index in [0.29, 0.717) is 11.4 Å². The minimum absolute atomic E-state index is 0.244. The number of amides is 2. The molecule has 0 unspecified atom stereocenters. The first-order valence-electron chi connectivity index (χ1n) is 8.48. The Morgan fingerprint density at radius 3 is 2.54 bits per heavy atom. The molecule has 0 radical (unpaired) electrons. The van der Waals surface area contributed by atoms with Gasteiger partial charge in [0, 0.05) is 0 Å². The van der Waals surface area contributed by atoms with E-state index in [1.54, 1.807) is 36.4 Å². The fraction of sp³-hybridized carbons (Fsp3) is 0.250. The molecule has 0 aliphatic carbocycles. The van der Waals surface area contributed by atoms with Crippen LogP contribution in [0.25, 0.3) is 0 Å². The summed E-state index contributed by atoms with van der Waals surface area (Å²) < 4.78 is 10.1. The third-order valence-corrected chi connectivity index (χ3v) is 4.12. The molecule has 2 rings (SSSR count). The van der Waals surface area contributed by atoms with Crippen molar-refractivity contribution in [2.45, 2.75) is 19.9 Å². The Hall–Kier alpha value is -3.06. The zero-order valence-corrected chi connectivity index (χ0v) is 16.5. The minimum Gasteiger partial charge on any atom is -0.495 e. The molecule has 0 saturated heterocycles. The van der Waals surface area contributed by atoms with Gasteiger partial charge in [-0.1, -0.05) is 29.8 Å². The van der Waals surface area contributed by atoms with Crippen molar-refractivity contribution in [2.75, 3.05) is 19.0 Å². The predicted octanol–water partition coefficient (Wildman–Crippen LogP) is 2.96. The second kappa shape index (κ2) is 9.75. The fourth-order valence-corrected chi connectivity index (χ4v) is 2.57. The summed E-state index contributed by atoms with van der Waals surface area (Å²) in [5.74, 6) is -1.29. The second-order valence-corrected chi connectivity index (χ2v) is 6.44. The van der Waals surface area contributed by atoms with Crippen molar-refractivity contribution in [3.05, 3.63) is 58.6 Å². The van der Waals surface area contributed by atoms with Crippen LogP contribution < -0.4 is 15.4 Å². The molecule has 0 aliphatic heterocycles. The Morgan fingerprint density at radius 2 is 1.86 bits per heavy atom. The summed E-state index contributed by atoms with van der Waals surface area (Å²) in [5, 5.41) is 5.38. The number of halogens is 1. The molecule has 28 heavy (non-hydrogen) atoms. The Kier molecular flexibility index (Phi) is 7.40. The smallest absolute Gasteiger partial charge is 0.328 e. The third kappa shape index (κ3) is 5.72. The van der Waals surface area contributed by atoms with Gasteiger partial charge in [-0.3, -0.25) is 9.59 Å². The van der Waals surface area contributed by atoms with E-state index >= 15 is 0 Å². The van der Waals surface area contributed by atoms with E-state index in [-0.39, 0.29) is 10.6 Å². The van der Waals surface area contributed by atoms with Gasteiger partial charge in [0.1, 0.15) is 11.8 Å². The molecule has 0 fully saturated rings. The fourth-order valence-electron chi connectivity index (χ4n) is 2.35. The first-order valence-corrected chi connectivity index (χ1v) is 8.86. The van der Waals surface area contributed by atoms with E-state index in [9.17, 15) is 14.4 Å². The third-order valence-electron chi connectivity index (χ3n) is 3.79. The lowest BCUT2D eigenvalue weighted by molar-refractivity contribution is -0.148. The largest absolute Gasteiger partial charge is 0.495 e. The maximum Gasteiger partial charge on any atom is 0.328 e. The van der Waals surface area contributed by atoms with E-state index < -0.39 is 30.4 Å². The van der Waals surface area contributed by atoms with E-state index in [0.717, 1.165) is 5.56 Å². The topological polar surface area (TPSA) is 93.7 Å². The quantitative estimate of drug-likeness (QED) is 0.692. The lowest BCUT2D eigenvalue weighted by atomic mass is 10.2. The number of aryl methyl sites for hydroxylation is 1. The standard InChI is InChI=1S/C20H21ClN2O5/c1-12-8-9-17(27-3)16(10-12)23-18(24)11-28-20(26)13(2)22-19(25)14-6-4-5-7-15(14)21/h4-10,13H,11H2,1-3H3,(H,22,25)(H,23,24)/t13-/m0/s1. The number of methoxy groups -OCH3 is 1. The monoisotopic (exact) mass is 404 g/mol. The molecule has 0 aromatic heterocycles. The maximum atomic E-state index is 12.2. The molecule has 0 saturated carbocycles. The van der Waals surface area contributed by atoms with Crippen molar-refractivity contribution in [1.82, 2.24) is 5.32 Å². The zero-order valence-electron chi connectivity index (χ0n) is 15.7. The Balaban J connectivity index is 1.87. The van der Waals surface area contributed by atoms with Crippen molar-refractivity contribution in [3.8, 4) is 5.75 Å². The maximum absolute atomic E-state index is 12.2. The van der Waals surface area contributed by atoms with Crippen molar-refractivity contribution in [3.63, 3.8) is 0 Å². The van der Waals surface area contributed by atoms with Gasteiger partial charge < -0.3 is 20.1 Å². The van der Waals surface area contributed by atoms with Crippen LogP contribution in [-0.4, -0.2) is 37.5 Å². The number of hydrogen-bond acceptors (Lipinski definition) is 5. The number of hydrogen-bond donors (Lipinski definition) is 2. The number of rotatable bonds is 7. The highest BCUT2D eigenvalue weighted by molar-refractivity contribution is 6.33. The second-order valence-electron chi connectivity index (χ2n) is 6.03. The molecule has 2 aromatic rings. The first kappa shape index (κ1) is 21.2. The minimum atomic E-state index is -0.954. The zero-order chi connectivity index (χ0) is 20.7. The van der Waals surface area contributed by atoms with Crippen LogP contribution in [0.5, 0.6) is 5.75 Å².